The Balaban J connectivity index is 0.722. The van der Waals surface area contributed by atoms with Gasteiger partial charge in [0.1, 0.15) is 36.0 Å². The number of likely N-dealkylation sites (tertiary alicyclic amines) is 1. The van der Waals surface area contributed by atoms with Crippen LogP contribution in [0.3, 0.4) is 0 Å². The molecule has 0 radical (unpaired) electrons. The molecule has 18 nitrogen and oxygen atoms in total. The number of carbonyl (C=O) groups excluding carboxylic acids is 3. The van der Waals surface area contributed by atoms with Crippen molar-refractivity contribution in [1.82, 2.24) is 43.7 Å². The van der Waals surface area contributed by atoms with Crippen LogP contribution in [0.15, 0.2) is 41.6 Å². The van der Waals surface area contributed by atoms with E-state index in [2.05, 4.69) is 42.5 Å². The lowest BCUT2D eigenvalue weighted by Gasteiger charge is -2.38. The monoisotopic (exact) mass is 913 g/mol. The average Bonchev–Trinajstić information content (AvgIpc) is 4.16. The Morgan fingerprint density at radius 3 is 2.64 bits per heavy atom. The van der Waals surface area contributed by atoms with Crippen molar-refractivity contribution < 1.29 is 41.8 Å². The SMILES string of the molecule is COc1ccc2c(c1C#CCO[C@@H]1CCN(CC3CCC(n4cc(NC(=O)c5cnn6ccc(N7CC8C[C@@H]7CO8)nc56)c(C(F)F)n4)CC3)C[C@@H]1F)n(C)c(=O)n2C1CCC(=O)NC1=O. The molecule has 66 heavy (non-hydrogen) atoms. The van der Waals surface area contributed by atoms with Gasteiger partial charge in [0.05, 0.1) is 66.5 Å². The minimum atomic E-state index is -2.91. The number of rotatable bonds is 11. The minimum Gasteiger partial charge on any atom is -0.495 e. The summed E-state index contributed by atoms with van der Waals surface area (Å²) >= 11 is 0. The number of halogens is 3. The van der Waals surface area contributed by atoms with Gasteiger partial charge in [0, 0.05) is 52.0 Å². The molecule has 0 spiro atoms. The number of nitrogens with one attached hydrogen (secondary N) is 2. The first-order valence-electron chi connectivity index (χ1n) is 22.4. The van der Waals surface area contributed by atoms with Gasteiger partial charge in [0.25, 0.3) is 12.3 Å². The van der Waals surface area contributed by atoms with Crippen molar-refractivity contribution in [3.63, 3.8) is 0 Å². The molecule has 4 saturated heterocycles. The van der Waals surface area contributed by atoms with E-state index in [-0.39, 0.29) is 67.3 Å². The maximum Gasteiger partial charge on any atom is 0.329 e. The number of carbonyl (C=O) groups is 3. The van der Waals surface area contributed by atoms with Crippen molar-refractivity contribution in [3.05, 3.63) is 64.1 Å². The molecule has 3 amide bonds. The van der Waals surface area contributed by atoms with E-state index in [0.29, 0.717) is 79.3 Å². The predicted octanol–water partition coefficient (Wildman–Crippen LogP) is 3.94. The molecule has 2 N–H and O–H groups in total. The van der Waals surface area contributed by atoms with Gasteiger partial charge in [-0.05, 0) is 69.1 Å². The molecule has 1 aliphatic carbocycles. The molecular formula is C45H50F3N11O7. The summed E-state index contributed by atoms with van der Waals surface area (Å²) in [6.07, 6.45) is 4.67. The van der Waals surface area contributed by atoms with Crippen molar-refractivity contribution in [2.45, 2.75) is 94.3 Å². The van der Waals surface area contributed by atoms with E-state index in [4.69, 9.17) is 19.2 Å². The average molecular weight is 914 g/mol. The van der Waals surface area contributed by atoms with Gasteiger partial charge < -0.3 is 24.4 Å². The highest BCUT2D eigenvalue weighted by atomic mass is 19.3. The van der Waals surface area contributed by atoms with Crippen molar-refractivity contribution in [1.29, 1.82) is 0 Å². The molecule has 1 aromatic carbocycles. The summed E-state index contributed by atoms with van der Waals surface area (Å²) in [6.45, 7) is 2.83. The third-order valence-electron chi connectivity index (χ3n) is 13.8. The van der Waals surface area contributed by atoms with E-state index in [1.807, 2.05) is 6.07 Å². The van der Waals surface area contributed by atoms with Gasteiger partial charge in [-0.1, -0.05) is 11.8 Å². The van der Waals surface area contributed by atoms with E-state index in [0.717, 1.165) is 19.3 Å². The van der Waals surface area contributed by atoms with Crippen molar-refractivity contribution in [3.8, 4) is 17.6 Å². The Bertz CT molecular complexity index is 2820. The van der Waals surface area contributed by atoms with Gasteiger partial charge in [-0.3, -0.25) is 38.4 Å². The second-order valence-electron chi connectivity index (χ2n) is 17.9. The van der Waals surface area contributed by atoms with Crippen LogP contribution in [-0.2, 0) is 26.1 Å². The molecule has 8 heterocycles. The van der Waals surface area contributed by atoms with Crippen LogP contribution in [0.4, 0.5) is 24.7 Å². The lowest BCUT2D eigenvalue weighted by atomic mass is 9.85. The Hall–Kier alpha value is -6.24. The Kier molecular flexibility index (Phi) is 11.8. The number of ether oxygens (including phenoxy) is 3. The molecular weight excluding hydrogens is 864 g/mol. The fourth-order valence-corrected chi connectivity index (χ4v) is 10.4. The topological polar surface area (TPSA) is 184 Å². The first kappa shape index (κ1) is 43.6. The Morgan fingerprint density at radius 2 is 1.91 bits per heavy atom. The van der Waals surface area contributed by atoms with Gasteiger partial charge in [-0.15, -0.1) is 0 Å². The number of imide groups is 1. The molecule has 5 aromatic rings. The van der Waals surface area contributed by atoms with Gasteiger partial charge in [0.2, 0.25) is 11.8 Å². The smallest absolute Gasteiger partial charge is 0.329 e. The third-order valence-corrected chi connectivity index (χ3v) is 13.8. The van der Waals surface area contributed by atoms with Crippen LogP contribution < -0.4 is 26.0 Å². The summed E-state index contributed by atoms with van der Waals surface area (Å²) < 4.78 is 67.2. The summed E-state index contributed by atoms with van der Waals surface area (Å²) in [5.41, 5.74) is 0.850. The molecule has 4 aliphatic heterocycles. The number of piperidine rings is 2. The number of fused-ring (bicyclic) bond motifs is 4. The van der Waals surface area contributed by atoms with Crippen LogP contribution in [-0.4, -0.2) is 127 Å². The quantitative estimate of drug-likeness (QED) is 0.144. The maximum absolute atomic E-state index is 15.6. The standard InChI is InChI=1S/C45H50F3N11O7/c1-54-40-29(35(64-2)11-9-33(40)59(45(54)63)34-10-12-38(60)52-44(34)62)4-3-17-65-36-13-15-55(22-31(36)46)20-25-5-7-26(8-6-25)58-23-32(39(53-58)41(47)48)50-43(61)30-19-49-57-16-14-37(51-42(30)57)56-21-28-18-27(56)24-66-28/h9,11,14,16,19,23,25-28,31,34,36,41H,5-8,10,12-13,15,17-18,20-22,24H2,1-2H3,(H,50,61)(H,52,60,62)/t25?,26?,27-,28?,31+,34?,36-/m1/s1. The highest BCUT2D eigenvalue weighted by Gasteiger charge is 2.40. The molecule has 4 aromatic heterocycles. The van der Waals surface area contributed by atoms with Crippen LogP contribution in [0.5, 0.6) is 5.75 Å². The molecule has 21 heteroatoms. The zero-order valence-corrected chi connectivity index (χ0v) is 36.5. The maximum atomic E-state index is 15.6. The number of alkyl halides is 3. The number of aromatic nitrogens is 7. The normalized spacial score (nSPS) is 25.7. The number of amides is 3. The number of benzene rings is 1. The number of nitrogens with zero attached hydrogens (tertiary/aromatic N) is 9. The zero-order chi connectivity index (χ0) is 45.8. The van der Waals surface area contributed by atoms with Crippen LogP contribution in [0, 0.1) is 17.8 Å². The minimum absolute atomic E-state index is 0.0579. The summed E-state index contributed by atoms with van der Waals surface area (Å²) in [6, 6.07) is 4.43. The lowest BCUT2D eigenvalue weighted by Crippen LogP contribution is -2.47. The first-order valence-corrected chi connectivity index (χ1v) is 22.4. The van der Waals surface area contributed by atoms with E-state index < -0.39 is 47.9 Å². The second kappa shape index (κ2) is 17.9. The summed E-state index contributed by atoms with van der Waals surface area (Å²) in [5, 5.41) is 13.5. The van der Waals surface area contributed by atoms with Crippen LogP contribution >= 0.6 is 0 Å². The zero-order valence-electron chi connectivity index (χ0n) is 36.5. The molecule has 5 fully saturated rings. The number of imidazole rings is 1. The summed E-state index contributed by atoms with van der Waals surface area (Å²) in [7, 11) is 3.07. The van der Waals surface area contributed by atoms with Gasteiger partial charge in [0.15, 0.2) is 11.3 Å². The Morgan fingerprint density at radius 1 is 1.08 bits per heavy atom. The van der Waals surface area contributed by atoms with Crippen LogP contribution in [0.25, 0.3) is 16.7 Å². The number of morpholine rings is 1. The third kappa shape index (κ3) is 8.19. The number of aryl methyl sites for hydroxylation is 1. The van der Waals surface area contributed by atoms with E-state index in [9.17, 15) is 28.0 Å². The lowest BCUT2D eigenvalue weighted by molar-refractivity contribution is -0.135. The summed E-state index contributed by atoms with van der Waals surface area (Å²) in [5.74, 6) is 5.91. The van der Waals surface area contributed by atoms with Crippen molar-refractivity contribution in [2.24, 2.45) is 13.0 Å². The van der Waals surface area contributed by atoms with Gasteiger partial charge in [-0.25, -0.2) is 27.5 Å². The van der Waals surface area contributed by atoms with E-state index in [1.54, 1.807) is 30.1 Å². The fourth-order valence-electron chi connectivity index (χ4n) is 10.4. The Labute approximate surface area is 376 Å². The number of hydrogen-bond donors (Lipinski definition) is 2. The number of hydrogen-bond acceptors (Lipinski definition) is 12. The molecule has 5 aliphatic rings. The highest BCUT2D eigenvalue weighted by molar-refractivity contribution is 6.08. The molecule has 1 saturated carbocycles. The van der Waals surface area contributed by atoms with E-state index in [1.165, 1.54) is 33.2 Å². The molecule has 2 bridgehead atoms. The molecule has 2 unspecified atom stereocenters. The van der Waals surface area contributed by atoms with Crippen LogP contribution in [0.2, 0.25) is 0 Å². The second-order valence-corrected chi connectivity index (χ2v) is 17.9. The molecule has 5 atom stereocenters. The van der Waals surface area contributed by atoms with Crippen LogP contribution in [0.1, 0.15) is 91.5 Å². The van der Waals surface area contributed by atoms with Crippen molar-refractivity contribution >= 4 is 45.9 Å². The largest absolute Gasteiger partial charge is 0.495 e. The predicted molar refractivity (Wildman–Crippen MR) is 232 cm³/mol. The summed E-state index contributed by atoms with van der Waals surface area (Å²) in [4.78, 5) is 60.4. The van der Waals surface area contributed by atoms with Gasteiger partial charge in [-0.2, -0.15) is 10.2 Å². The highest BCUT2D eigenvalue weighted by Crippen LogP contribution is 2.37. The fraction of sp³-hybridized carbons (Fsp3) is 0.533. The molecule has 348 valence electrons. The number of methoxy groups -OCH3 is 1. The first-order chi connectivity index (χ1) is 31.9. The molecule has 10 rings (SSSR count). The van der Waals surface area contributed by atoms with Crippen molar-refractivity contribution in [2.75, 3.05) is 56.7 Å². The van der Waals surface area contributed by atoms with E-state index >= 15 is 4.39 Å². The number of anilines is 2. The van der Waals surface area contributed by atoms with Gasteiger partial charge >= 0.3 is 5.69 Å².